The van der Waals surface area contributed by atoms with Gasteiger partial charge in [0, 0.05) is 45.3 Å². The second-order valence-corrected chi connectivity index (χ2v) is 8.21. The number of guanidine groups is 1. The highest BCUT2D eigenvalue weighted by atomic mass is 16.5. The lowest BCUT2D eigenvalue weighted by Gasteiger charge is -2.36. The molecule has 30 heavy (non-hydrogen) atoms. The van der Waals surface area contributed by atoms with Crippen molar-refractivity contribution in [2.75, 3.05) is 33.3 Å². The molecule has 1 aromatic carbocycles. The Bertz CT molecular complexity index is 695. The first-order chi connectivity index (χ1) is 14.7. The molecule has 1 saturated carbocycles. The van der Waals surface area contributed by atoms with Crippen molar-refractivity contribution in [1.82, 2.24) is 20.9 Å². The summed E-state index contributed by atoms with van der Waals surface area (Å²) in [5.74, 6) is 1.43. The summed E-state index contributed by atoms with van der Waals surface area (Å²) in [5.41, 5.74) is 1.09. The van der Waals surface area contributed by atoms with Gasteiger partial charge >= 0.3 is 0 Å². The molecule has 2 aliphatic rings. The first-order valence-corrected chi connectivity index (χ1v) is 11.4. The van der Waals surface area contributed by atoms with Gasteiger partial charge in [-0.25, -0.2) is 0 Å². The average molecular weight is 416 g/mol. The third kappa shape index (κ3) is 6.90. The summed E-state index contributed by atoms with van der Waals surface area (Å²) in [6.45, 7) is 5.56. The zero-order valence-electron chi connectivity index (χ0n) is 18.5. The number of rotatable bonds is 8. The number of hydrogen-bond donors (Lipinski definition) is 3. The van der Waals surface area contributed by atoms with Crippen molar-refractivity contribution in [2.24, 2.45) is 4.99 Å². The summed E-state index contributed by atoms with van der Waals surface area (Å²) in [5, 5.41) is 9.72. The molecule has 0 radical (unpaired) electrons. The van der Waals surface area contributed by atoms with Crippen LogP contribution in [0.2, 0.25) is 0 Å². The number of piperidine rings is 1. The van der Waals surface area contributed by atoms with Crippen molar-refractivity contribution in [3.8, 4) is 5.75 Å². The second kappa shape index (κ2) is 11.8. The van der Waals surface area contributed by atoms with Gasteiger partial charge in [0.1, 0.15) is 5.75 Å². The molecule has 0 bridgehead atoms. The molecule has 0 atom stereocenters. The van der Waals surface area contributed by atoms with Crippen molar-refractivity contribution < 1.29 is 9.53 Å². The summed E-state index contributed by atoms with van der Waals surface area (Å²) in [6, 6.07) is 9.11. The third-order valence-corrected chi connectivity index (χ3v) is 6.04. The van der Waals surface area contributed by atoms with Gasteiger partial charge in [0.2, 0.25) is 0 Å². The van der Waals surface area contributed by atoms with Gasteiger partial charge in [-0.15, -0.1) is 0 Å². The van der Waals surface area contributed by atoms with Gasteiger partial charge < -0.3 is 25.6 Å². The van der Waals surface area contributed by atoms with E-state index in [0.717, 1.165) is 17.6 Å². The van der Waals surface area contributed by atoms with Gasteiger partial charge in [0.25, 0.3) is 5.91 Å². The van der Waals surface area contributed by atoms with Crippen LogP contribution in [-0.2, 0) is 11.3 Å². The predicted octanol–water partition coefficient (Wildman–Crippen LogP) is 2.27. The topological polar surface area (TPSA) is 78.0 Å². The highest BCUT2D eigenvalue weighted by molar-refractivity contribution is 5.80. The Morgan fingerprint density at radius 1 is 1.17 bits per heavy atom. The Kier molecular flexibility index (Phi) is 8.81. The summed E-state index contributed by atoms with van der Waals surface area (Å²) in [4.78, 5) is 18.6. The monoisotopic (exact) mass is 415 g/mol. The molecular formula is C23H37N5O2. The van der Waals surface area contributed by atoms with Gasteiger partial charge in [-0.05, 0) is 50.3 Å². The number of hydrogen-bond acceptors (Lipinski definition) is 4. The average Bonchev–Trinajstić information content (AvgIpc) is 3.31. The molecule has 2 fully saturated rings. The minimum atomic E-state index is -0.107. The van der Waals surface area contributed by atoms with Crippen LogP contribution in [0, 0.1) is 0 Å². The van der Waals surface area contributed by atoms with Crippen molar-refractivity contribution in [3.05, 3.63) is 29.8 Å². The third-order valence-electron chi connectivity index (χ3n) is 6.04. The van der Waals surface area contributed by atoms with Gasteiger partial charge in [-0.3, -0.25) is 9.79 Å². The molecule has 3 N–H and O–H groups in total. The van der Waals surface area contributed by atoms with Gasteiger partial charge in [-0.2, -0.15) is 0 Å². The lowest BCUT2D eigenvalue weighted by atomic mass is 10.0. The summed E-state index contributed by atoms with van der Waals surface area (Å²) >= 11 is 0. The van der Waals surface area contributed by atoms with E-state index in [1.807, 2.05) is 38.2 Å². The van der Waals surface area contributed by atoms with Crippen molar-refractivity contribution in [3.63, 3.8) is 0 Å². The fourth-order valence-corrected chi connectivity index (χ4v) is 4.39. The zero-order chi connectivity index (χ0) is 21.2. The number of benzene rings is 1. The van der Waals surface area contributed by atoms with Crippen LogP contribution in [0.1, 0.15) is 51.0 Å². The van der Waals surface area contributed by atoms with Gasteiger partial charge in [0.15, 0.2) is 12.6 Å². The number of carbonyl (C=O) groups is 1. The standard InChI is InChI=1S/C23H37N5O2/c1-3-25-22(29)17-30-21-10-6-7-18(15-21)16-26-23(24-2)27-19-11-13-28(14-12-19)20-8-4-5-9-20/h6-7,10,15,19-20H,3-5,8-9,11-14,16-17H2,1-2H3,(H,25,29)(H2,24,26,27). The van der Waals surface area contributed by atoms with Crippen LogP contribution in [-0.4, -0.2) is 62.1 Å². The van der Waals surface area contributed by atoms with Crippen molar-refractivity contribution in [2.45, 2.75) is 64.1 Å². The highest BCUT2D eigenvalue weighted by Gasteiger charge is 2.27. The molecule has 7 heteroatoms. The first-order valence-electron chi connectivity index (χ1n) is 11.4. The van der Waals surface area contributed by atoms with Crippen LogP contribution in [0.25, 0.3) is 0 Å². The lowest BCUT2D eigenvalue weighted by molar-refractivity contribution is -0.122. The molecule has 1 saturated heterocycles. The van der Waals surface area contributed by atoms with E-state index < -0.39 is 0 Å². The molecule has 0 unspecified atom stereocenters. The highest BCUT2D eigenvalue weighted by Crippen LogP contribution is 2.26. The smallest absolute Gasteiger partial charge is 0.257 e. The number of nitrogens with one attached hydrogen (secondary N) is 3. The Labute approximate surface area is 180 Å². The van der Waals surface area contributed by atoms with E-state index in [-0.39, 0.29) is 12.5 Å². The number of ether oxygens (including phenoxy) is 1. The van der Waals surface area contributed by atoms with Crippen LogP contribution >= 0.6 is 0 Å². The number of likely N-dealkylation sites (N-methyl/N-ethyl adjacent to an activating group) is 1. The molecule has 1 aromatic rings. The van der Waals surface area contributed by atoms with Crippen LogP contribution in [0.5, 0.6) is 5.75 Å². The predicted molar refractivity (Wildman–Crippen MR) is 121 cm³/mol. The molecule has 166 valence electrons. The van der Waals surface area contributed by atoms with Crippen molar-refractivity contribution in [1.29, 1.82) is 0 Å². The maximum atomic E-state index is 11.6. The van der Waals surface area contributed by atoms with E-state index in [2.05, 4.69) is 25.8 Å². The minimum Gasteiger partial charge on any atom is -0.484 e. The maximum Gasteiger partial charge on any atom is 0.257 e. The maximum absolute atomic E-state index is 11.6. The molecule has 0 spiro atoms. The molecule has 1 heterocycles. The van der Waals surface area contributed by atoms with E-state index in [1.54, 1.807) is 0 Å². The minimum absolute atomic E-state index is 0.0352. The Hall–Kier alpha value is -2.28. The Balaban J connectivity index is 1.41. The number of carbonyl (C=O) groups excluding carboxylic acids is 1. The SMILES string of the molecule is CCNC(=O)COc1cccc(CNC(=NC)NC2CCN(C3CCCC3)CC2)c1. The number of aliphatic imine (C=N–C) groups is 1. The van der Waals surface area contributed by atoms with Crippen LogP contribution < -0.4 is 20.7 Å². The summed E-state index contributed by atoms with van der Waals surface area (Å²) < 4.78 is 5.58. The summed E-state index contributed by atoms with van der Waals surface area (Å²) in [7, 11) is 1.81. The largest absolute Gasteiger partial charge is 0.484 e. The van der Waals surface area contributed by atoms with E-state index in [9.17, 15) is 4.79 Å². The number of likely N-dealkylation sites (tertiary alicyclic amines) is 1. The zero-order valence-corrected chi connectivity index (χ0v) is 18.5. The Morgan fingerprint density at radius 3 is 2.63 bits per heavy atom. The van der Waals surface area contributed by atoms with E-state index in [0.29, 0.717) is 24.9 Å². The van der Waals surface area contributed by atoms with Gasteiger partial charge in [0.05, 0.1) is 0 Å². The summed E-state index contributed by atoms with van der Waals surface area (Å²) in [6.07, 6.45) is 7.90. The second-order valence-electron chi connectivity index (χ2n) is 8.21. The van der Waals surface area contributed by atoms with Gasteiger partial charge in [-0.1, -0.05) is 25.0 Å². The van der Waals surface area contributed by atoms with Crippen molar-refractivity contribution >= 4 is 11.9 Å². The quantitative estimate of drug-likeness (QED) is 0.448. The van der Waals surface area contributed by atoms with Crippen LogP contribution in [0.15, 0.2) is 29.3 Å². The van der Waals surface area contributed by atoms with Crippen LogP contribution in [0.4, 0.5) is 0 Å². The Morgan fingerprint density at radius 2 is 1.93 bits per heavy atom. The first kappa shape index (κ1) is 22.4. The normalized spacial score (nSPS) is 18.9. The van der Waals surface area contributed by atoms with E-state index in [1.165, 1.54) is 51.6 Å². The number of nitrogens with zero attached hydrogens (tertiary/aromatic N) is 2. The lowest BCUT2D eigenvalue weighted by Crippen LogP contribution is -2.50. The number of amides is 1. The molecule has 1 aliphatic heterocycles. The molecular weight excluding hydrogens is 378 g/mol. The fourth-order valence-electron chi connectivity index (χ4n) is 4.39. The van der Waals surface area contributed by atoms with Crippen LogP contribution in [0.3, 0.4) is 0 Å². The fraction of sp³-hybridized carbons (Fsp3) is 0.652. The van der Waals surface area contributed by atoms with E-state index >= 15 is 0 Å². The molecule has 1 amide bonds. The molecule has 0 aromatic heterocycles. The molecule has 3 rings (SSSR count). The molecule has 7 nitrogen and oxygen atoms in total. The molecule has 1 aliphatic carbocycles. The van der Waals surface area contributed by atoms with E-state index in [4.69, 9.17) is 4.74 Å².